The lowest BCUT2D eigenvalue weighted by Crippen LogP contribution is -2.24. The maximum atomic E-state index is 11.3. The van der Waals surface area contributed by atoms with Gasteiger partial charge in [-0.2, -0.15) is 0 Å². The molecular formula is C15H26N2O2S. The molecule has 0 saturated carbocycles. The van der Waals surface area contributed by atoms with Gasteiger partial charge in [-0.25, -0.2) is 4.98 Å². The van der Waals surface area contributed by atoms with Crippen LogP contribution in [0.2, 0.25) is 0 Å². The number of nitrogens with one attached hydrogen (secondary N) is 1. The van der Waals surface area contributed by atoms with Crippen molar-refractivity contribution in [2.75, 3.05) is 18.5 Å². The number of rotatable bonds is 7. The number of hydrogen-bond acceptors (Lipinski definition) is 5. The van der Waals surface area contributed by atoms with Gasteiger partial charge in [-0.3, -0.25) is 4.79 Å². The molecule has 0 aliphatic heterocycles. The van der Waals surface area contributed by atoms with Gasteiger partial charge in [-0.05, 0) is 18.3 Å². The van der Waals surface area contributed by atoms with E-state index in [1.54, 1.807) is 11.3 Å². The minimum absolute atomic E-state index is 0.156. The number of hydrogen-bond donors (Lipinski definition) is 1. The van der Waals surface area contributed by atoms with Gasteiger partial charge < -0.3 is 10.1 Å². The first-order valence-electron chi connectivity index (χ1n) is 7.16. The first kappa shape index (κ1) is 17.0. The Morgan fingerprint density at radius 3 is 2.80 bits per heavy atom. The highest BCUT2D eigenvalue weighted by Gasteiger charge is 2.19. The fourth-order valence-electron chi connectivity index (χ4n) is 1.51. The smallest absolute Gasteiger partial charge is 0.306 e. The van der Waals surface area contributed by atoms with E-state index in [9.17, 15) is 4.79 Å². The minimum Gasteiger partial charge on any atom is -0.466 e. The zero-order chi connectivity index (χ0) is 15.2. The second-order valence-electron chi connectivity index (χ2n) is 6.10. The van der Waals surface area contributed by atoms with Gasteiger partial charge in [0, 0.05) is 18.3 Å². The number of aryl methyl sites for hydroxylation is 1. The molecule has 0 spiro atoms. The summed E-state index contributed by atoms with van der Waals surface area (Å²) < 4.78 is 4.91. The van der Waals surface area contributed by atoms with Crippen LogP contribution in [-0.2, 0) is 16.0 Å². The van der Waals surface area contributed by atoms with E-state index in [-0.39, 0.29) is 11.4 Å². The summed E-state index contributed by atoms with van der Waals surface area (Å²) in [6.07, 6.45) is 1.04. The second kappa shape index (κ2) is 7.62. The molecule has 0 fully saturated rings. The van der Waals surface area contributed by atoms with Crippen LogP contribution in [0.4, 0.5) is 5.13 Å². The monoisotopic (exact) mass is 298 g/mol. The van der Waals surface area contributed by atoms with Gasteiger partial charge in [0.1, 0.15) is 0 Å². The van der Waals surface area contributed by atoms with Crippen molar-refractivity contribution in [2.24, 2.45) is 11.3 Å². The number of thiazole rings is 1. The number of anilines is 1. The molecule has 4 nitrogen and oxygen atoms in total. The molecule has 20 heavy (non-hydrogen) atoms. The van der Waals surface area contributed by atoms with E-state index in [1.807, 2.05) is 12.3 Å². The number of aromatic nitrogens is 1. The summed E-state index contributed by atoms with van der Waals surface area (Å²) in [6, 6.07) is 0. The second-order valence-corrected chi connectivity index (χ2v) is 6.96. The maximum absolute atomic E-state index is 11.3. The van der Waals surface area contributed by atoms with Gasteiger partial charge in [0.2, 0.25) is 0 Å². The molecule has 0 radical (unpaired) electrons. The Kier molecular flexibility index (Phi) is 6.46. The number of carbonyl (C=O) groups is 1. The quantitative estimate of drug-likeness (QED) is 0.779. The zero-order valence-electron chi connectivity index (χ0n) is 13.2. The molecule has 1 atom stereocenters. The van der Waals surface area contributed by atoms with Crippen LogP contribution >= 0.6 is 11.3 Å². The van der Waals surface area contributed by atoms with Crippen molar-refractivity contribution in [2.45, 2.75) is 47.5 Å². The van der Waals surface area contributed by atoms with Crippen LogP contribution in [0.5, 0.6) is 0 Å². The highest BCUT2D eigenvalue weighted by Crippen LogP contribution is 2.26. The Morgan fingerprint density at radius 1 is 1.50 bits per heavy atom. The summed E-state index contributed by atoms with van der Waals surface area (Å²) in [7, 11) is 0. The number of esters is 1. The summed E-state index contributed by atoms with van der Waals surface area (Å²) in [6.45, 7) is 12.1. The molecule has 0 amide bonds. The summed E-state index contributed by atoms with van der Waals surface area (Å²) in [5.41, 5.74) is 1.24. The third kappa shape index (κ3) is 5.90. The molecule has 0 saturated heterocycles. The van der Waals surface area contributed by atoms with Crippen molar-refractivity contribution < 1.29 is 9.53 Å². The standard InChI is InChI=1S/C15H26N2O2S/c1-6-19-13(18)8-7-12-10-20-14(17-12)16-9-11(2)15(3,4)5/h10-11H,6-9H2,1-5H3,(H,16,17). The fraction of sp³-hybridized carbons (Fsp3) is 0.733. The van der Waals surface area contributed by atoms with Crippen LogP contribution in [0.3, 0.4) is 0 Å². The van der Waals surface area contributed by atoms with E-state index in [4.69, 9.17) is 4.74 Å². The molecule has 1 aromatic rings. The molecule has 5 heteroatoms. The van der Waals surface area contributed by atoms with E-state index >= 15 is 0 Å². The van der Waals surface area contributed by atoms with E-state index in [0.717, 1.165) is 17.4 Å². The van der Waals surface area contributed by atoms with Crippen molar-refractivity contribution in [1.29, 1.82) is 0 Å². The molecule has 1 N–H and O–H groups in total. The zero-order valence-corrected chi connectivity index (χ0v) is 14.0. The van der Waals surface area contributed by atoms with E-state index < -0.39 is 0 Å². The Hall–Kier alpha value is -1.10. The molecule has 0 bridgehead atoms. The van der Waals surface area contributed by atoms with Crippen molar-refractivity contribution in [1.82, 2.24) is 4.98 Å². The SMILES string of the molecule is CCOC(=O)CCc1csc(NCC(C)C(C)(C)C)n1. The average Bonchev–Trinajstić information content (AvgIpc) is 2.80. The average molecular weight is 298 g/mol. The fourth-order valence-corrected chi connectivity index (χ4v) is 2.27. The van der Waals surface area contributed by atoms with Crippen LogP contribution < -0.4 is 5.32 Å². The summed E-state index contributed by atoms with van der Waals surface area (Å²) >= 11 is 1.59. The van der Waals surface area contributed by atoms with Gasteiger partial charge in [-0.15, -0.1) is 11.3 Å². The van der Waals surface area contributed by atoms with Gasteiger partial charge in [0.15, 0.2) is 5.13 Å². The molecule has 0 aliphatic rings. The number of nitrogens with zero attached hydrogens (tertiary/aromatic N) is 1. The largest absolute Gasteiger partial charge is 0.466 e. The Bertz CT molecular complexity index is 424. The Balaban J connectivity index is 2.38. The van der Waals surface area contributed by atoms with E-state index in [0.29, 0.717) is 25.4 Å². The predicted octanol–water partition coefficient (Wildman–Crippen LogP) is 3.73. The van der Waals surface area contributed by atoms with Crippen LogP contribution in [0.25, 0.3) is 0 Å². The van der Waals surface area contributed by atoms with E-state index in [2.05, 4.69) is 38.0 Å². The van der Waals surface area contributed by atoms with Crippen molar-refractivity contribution in [3.05, 3.63) is 11.1 Å². The third-order valence-electron chi connectivity index (χ3n) is 3.48. The van der Waals surface area contributed by atoms with Crippen molar-refractivity contribution in [3.63, 3.8) is 0 Å². The normalized spacial score (nSPS) is 13.1. The van der Waals surface area contributed by atoms with Crippen LogP contribution in [0.1, 0.15) is 46.7 Å². The molecule has 1 unspecified atom stereocenters. The number of ether oxygens (including phenoxy) is 1. The molecule has 1 aromatic heterocycles. The lowest BCUT2D eigenvalue weighted by Gasteiger charge is -2.27. The van der Waals surface area contributed by atoms with E-state index in [1.165, 1.54) is 0 Å². The van der Waals surface area contributed by atoms with Crippen molar-refractivity contribution in [3.8, 4) is 0 Å². The highest BCUT2D eigenvalue weighted by atomic mass is 32.1. The van der Waals surface area contributed by atoms with Crippen LogP contribution in [0, 0.1) is 11.3 Å². The minimum atomic E-state index is -0.156. The first-order valence-corrected chi connectivity index (χ1v) is 8.04. The Morgan fingerprint density at radius 2 is 2.20 bits per heavy atom. The lowest BCUT2D eigenvalue weighted by atomic mass is 9.82. The summed E-state index contributed by atoms with van der Waals surface area (Å²) in [5.74, 6) is 0.408. The molecule has 0 aromatic carbocycles. The molecule has 1 rings (SSSR count). The van der Waals surface area contributed by atoms with Gasteiger partial charge in [0.05, 0.1) is 18.7 Å². The highest BCUT2D eigenvalue weighted by molar-refractivity contribution is 7.13. The van der Waals surface area contributed by atoms with Crippen molar-refractivity contribution >= 4 is 22.4 Å². The molecule has 1 heterocycles. The van der Waals surface area contributed by atoms with Gasteiger partial charge in [-0.1, -0.05) is 27.7 Å². The summed E-state index contributed by atoms with van der Waals surface area (Å²) in [5, 5.41) is 6.31. The third-order valence-corrected chi connectivity index (χ3v) is 4.33. The number of carbonyl (C=O) groups excluding carboxylic acids is 1. The van der Waals surface area contributed by atoms with Gasteiger partial charge >= 0.3 is 5.97 Å². The van der Waals surface area contributed by atoms with Gasteiger partial charge in [0.25, 0.3) is 0 Å². The van der Waals surface area contributed by atoms with Crippen LogP contribution in [0.15, 0.2) is 5.38 Å². The predicted molar refractivity (Wildman–Crippen MR) is 84.2 cm³/mol. The topological polar surface area (TPSA) is 51.2 Å². The maximum Gasteiger partial charge on any atom is 0.306 e. The summed E-state index contributed by atoms with van der Waals surface area (Å²) in [4.78, 5) is 15.8. The van der Waals surface area contributed by atoms with Crippen LogP contribution in [-0.4, -0.2) is 24.1 Å². The molecule has 114 valence electrons. The molecule has 0 aliphatic carbocycles. The first-order chi connectivity index (χ1) is 9.32. The lowest BCUT2D eigenvalue weighted by molar-refractivity contribution is -0.143. The molecular weight excluding hydrogens is 272 g/mol. The Labute approximate surface area is 125 Å².